The van der Waals surface area contributed by atoms with E-state index < -0.39 is 0 Å². The highest BCUT2D eigenvalue weighted by molar-refractivity contribution is 5.19. The van der Waals surface area contributed by atoms with Crippen molar-refractivity contribution in [2.24, 2.45) is 11.7 Å². The minimum absolute atomic E-state index is 0.0664. The van der Waals surface area contributed by atoms with E-state index in [-0.39, 0.29) is 5.60 Å². The molecule has 2 N–H and O–H groups in total. The van der Waals surface area contributed by atoms with Gasteiger partial charge in [0, 0.05) is 38.2 Å². The van der Waals surface area contributed by atoms with E-state index in [1.165, 1.54) is 5.56 Å². The van der Waals surface area contributed by atoms with Gasteiger partial charge < -0.3 is 10.5 Å². The van der Waals surface area contributed by atoms with Gasteiger partial charge in [-0.25, -0.2) is 0 Å². The van der Waals surface area contributed by atoms with E-state index in [2.05, 4.69) is 42.2 Å². The third kappa shape index (κ3) is 1.87. The summed E-state index contributed by atoms with van der Waals surface area (Å²) in [6.45, 7) is 5.91. The Bertz CT molecular complexity index is 408. The van der Waals surface area contributed by atoms with Crippen molar-refractivity contribution in [2.45, 2.75) is 25.0 Å². The Morgan fingerprint density at radius 3 is 2.89 bits per heavy atom. The van der Waals surface area contributed by atoms with Crippen LogP contribution < -0.4 is 5.73 Å². The number of likely N-dealkylation sites (tertiary alicyclic amines) is 1. The van der Waals surface area contributed by atoms with Crippen LogP contribution in [0.2, 0.25) is 0 Å². The summed E-state index contributed by atoms with van der Waals surface area (Å²) < 4.78 is 5.96. The van der Waals surface area contributed by atoms with Gasteiger partial charge in [-0.15, -0.1) is 0 Å². The molecule has 2 heterocycles. The molecule has 3 nitrogen and oxygen atoms in total. The number of nitrogens with zero attached hydrogens (tertiary/aromatic N) is 1. The van der Waals surface area contributed by atoms with E-state index in [9.17, 15) is 0 Å². The van der Waals surface area contributed by atoms with Crippen LogP contribution in [0.5, 0.6) is 0 Å². The third-order valence-corrected chi connectivity index (χ3v) is 4.70. The van der Waals surface area contributed by atoms with Gasteiger partial charge in [0.15, 0.2) is 0 Å². The zero-order chi connectivity index (χ0) is 12.6. The number of ether oxygens (including phenoxy) is 1. The summed E-state index contributed by atoms with van der Waals surface area (Å²) in [6, 6.07) is 11.1. The van der Waals surface area contributed by atoms with Crippen LogP contribution in [0.25, 0.3) is 0 Å². The predicted octanol–water partition coefficient (Wildman–Crippen LogP) is 1.80. The number of benzene rings is 1. The first kappa shape index (κ1) is 12.2. The lowest BCUT2D eigenvalue weighted by Crippen LogP contribution is -2.44. The number of hydrogen-bond donors (Lipinski definition) is 1. The smallest absolute Gasteiger partial charge is 0.0971 e. The molecule has 0 saturated carbocycles. The summed E-state index contributed by atoms with van der Waals surface area (Å²) in [5.74, 6) is 0.619. The summed E-state index contributed by atoms with van der Waals surface area (Å²) >= 11 is 0. The lowest BCUT2D eigenvalue weighted by atomic mass is 9.91. The molecule has 3 heteroatoms. The Hall–Kier alpha value is -0.900. The van der Waals surface area contributed by atoms with Gasteiger partial charge in [-0.1, -0.05) is 30.3 Å². The van der Waals surface area contributed by atoms with Crippen LogP contribution in [0.4, 0.5) is 0 Å². The zero-order valence-corrected chi connectivity index (χ0v) is 11.0. The summed E-state index contributed by atoms with van der Waals surface area (Å²) in [4.78, 5) is 2.52. The molecule has 0 amide bonds. The molecule has 98 valence electrons. The van der Waals surface area contributed by atoms with Crippen LogP contribution in [0, 0.1) is 5.92 Å². The molecule has 0 aliphatic carbocycles. The molecule has 3 rings (SSSR count). The van der Waals surface area contributed by atoms with Gasteiger partial charge in [0.05, 0.1) is 5.60 Å². The van der Waals surface area contributed by atoms with Crippen LogP contribution >= 0.6 is 0 Å². The molecule has 0 spiro atoms. The molecule has 0 bridgehead atoms. The molecule has 0 radical (unpaired) electrons. The maximum absolute atomic E-state index is 5.96. The van der Waals surface area contributed by atoms with Crippen LogP contribution in [-0.2, 0) is 4.74 Å². The molecule has 2 aliphatic rings. The van der Waals surface area contributed by atoms with Crippen molar-refractivity contribution >= 4 is 0 Å². The van der Waals surface area contributed by atoms with E-state index in [1.54, 1.807) is 0 Å². The lowest BCUT2D eigenvalue weighted by Gasteiger charge is -2.29. The van der Waals surface area contributed by atoms with Gasteiger partial charge >= 0.3 is 0 Å². The molecule has 0 aromatic heterocycles. The first-order valence-corrected chi connectivity index (χ1v) is 6.88. The molecule has 2 fully saturated rings. The van der Waals surface area contributed by atoms with E-state index in [0.717, 1.165) is 26.1 Å². The molecule has 18 heavy (non-hydrogen) atoms. The summed E-state index contributed by atoms with van der Waals surface area (Å²) in [5, 5.41) is 0. The zero-order valence-electron chi connectivity index (χ0n) is 11.0. The highest BCUT2D eigenvalue weighted by Gasteiger charge is 2.50. The van der Waals surface area contributed by atoms with Crippen molar-refractivity contribution in [3.63, 3.8) is 0 Å². The Balaban J connectivity index is 1.76. The van der Waals surface area contributed by atoms with E-state index >= 15 is 0 Å². The van der Waals surface area contributed by atoms with Crippen molar-refractivity contribution in [3.8, 4) is 0 Å². The Morgan fingerprint density at radius 2 is 2.22 bits per heavy atom. The Morgan fingerprint density at radius 1 is 1.44 bits per heavy atom. The van der Waals surface area contributed by atoms with Crippen molar-refractivity contribution in [1.29, 1.82) is 0 Å². The van der Waals surface area contributed by atoms with E-state index in [4.69, 9.17) is 10.5 Å². The van der Waals surface area contributed by atoms with Crippen LogP contribution in [0.3, 0.4) is 0 Å². The standard InChI is InChI=1S/C15H22N2O/c1-12(13-5-3-2-4-6-13)17-9-14-7-8-18-15(14,10-16)11-17/h2-6,12,14H,7-11,16H2,1H3/t12-,14+,15-/m0/s1. The van der Waals surface area contributed by atoms with Crippen molar-refractivity contribution in [3.05, 3.63) is 35.9 Å². The predicted molar refractivity (Wildman–Crippen MR) is 72.3 cm³/mol. The van der Waals surface area contributed by atoms with Crippen molar-refractivity contribution in [1.82, 2.24) is 4.90 Å². The largest absolute Gasteiger partial charge is 0.372 e. The second-order valence-corrected chi connectivity index (χ2v) is 5.62. The highest BCUT2D eigenvalue weighted by atomic mass is 16.5. The number of nitrogens with two attached hydrogens (primary N) is 1. The second kappa shape index (κ2) is 4.65. The molecule has 2 aliphatic heterocycles. The number of fused-ring (bicyclic) bond motifs is 1. The number of hydrogen-bond acceptors (Lipinski definition) is 3. The van der Waals surface area contributed by atoms with Gasteiger partial charge in [-0.3, -0.25) is 4.90 Å². The topological polar surface area (TPSA) is 38.5 Å². The molecule has 1 aromatic rings. The van der Waals surface area contributed by atoms with E-state index in [1.807, 2.05) is 0 Å². The SMILES string of the molecule is C[C@@H](c1ccccc1)N1C[C@H]2CCO[C@@]2(CN)C1. The maximum atomic E-state index is 5.96. The first-order valence-electron chi connectivity index (χ1n) is 6.88. The summed E-state index contributed by atoms with van der Waals surface area (Å²) in [5.41, 5.74) is 7.27. The van der Waals surface area contributed by atoms with Gasteiger partial charge in [-0.05, 0) is 18.9 Å². The first-order chi connectivity index (χ1) is 8.75. The van der Waals surface area contributed by atoms with Gasteiger partial charge in [0.25, 0.3) is 0 Å². The molecule has 0 unspecified atom stereocenters. The molecule has 3 atom stereocenters. The van der Waals surface area contributed by atoms with Crippen molar-refractivity contribution in [2.75, 3.05) is 26.2 Å². The Labute approximate surface area is 109 Å². The third-order valence-electron chi connectivity index (χ3n) is 4.70. The van der Waals surface area contributed by atoms with Gasteiger partial charge in [0.2, 0.25) is 0 Å². The minimum Gasteiger partial charge on any atom is -0.372 e. The molecular formula is C15H22N2O. The minimum atomic E-state index is -0.0664. The fraction of sp³-hybridized carbons (Fsp3) is 0.600. The second-order valence-electron chi connectivity index (χ2n) is 5.62. The quantitative estimate of drug-likeness (QED) is 0.884. The van der Waals surface area contributed by atoms with Crippen LogP contribution in [-0.4, -0.2) is 36.7 Å². The average molecular weight is 246 g/mol. The van der Waals surface area contributed by atoms with Crippen LogP contribution in [0.15, 0.2) is 30.3 Å². The fourth-order valence-corrected chi connectivity index (χ4v) is 3.44. The summed E-state index contributed by atoms with van der Waals surface area (Å²) in [7, 11) is 0. The molecule has 2 saturated heterocycles. The average Bonchev–Trinajstić information content (AvgIpc) is 2.95. The van der Waals surface area contributed by atoms with Gasteiger partial charge in [-0.2, -0.15) is 0 Å². The number of rotatable bonds is 3. The summed E-state index contributed by atoms with van der Waals surface area (Å²) in [6.07, 6.45) is 1.16. The highest BCUT2D eigenvalue weighted by Crippen LogP contribution is 2.41. The van der Waals surface area contributed by atoms with Crippen LogP contribution in [0.1, 0.15) is 24.9 Å². The monoisotopic (exact) mass is 246 g/mol. The Kier molecular flexibility index (Phi) is 3.14. The van der Waals surface area contributed by atoms with Crippen molar-refractivity contribution < 1.29 is 4.74 Å². The lowest BCUT2D eigenvalue weighted by molar-refractivity contribution is -0.000842. The fourth-order valence-electron chi connectivity index (χ4n) is 3.44. The maximum Gasteiger partial charge on any atom is 0.0971 e. The van der Waals surface area contributed by atoms with Gasteiger partial charge in [0.1, 0.15) is 0 Å². The molecule has 1 aromatic carbocycles. The normalized spacial score (nSPS) is 33.6. The van der Waals surface area contributed by atoms with E-state index in [0.29, 0.717) is 18.5 Å². The molecular weight excluding hydrogens is 224 g/mol.